The SMILES string of the molecule is CC(CC(C#N)C#N)OC(=O)c1ccccc1. The van der Waals surface area contributed by atoms with Gasteiger partial charge in [-0.05, 0) is 19.1 Å². The summed E-state index contributed by atoms with van der Waals surface area (Å²) >= 11 is 0. The summed E-state index contributed by atoms with van der Waals surface area (Å²) in [5.74, 6) is -1.18. The van der Waals surface area contributed by atoms with Crippen molar-refractivity contribution in [3.63, 3.8) is 0 Å². The van der Waals surface area contributed by atoms with E-state index < -0.39 is 18.0 Å². The van der Waals surface area contributed by atoms with Crippen molar-refractivity contribution < 1.29 is 9.53 Å². The third kappa shape index (κ3) is 3.96. The number of hydrogen-bond donors (Lipinski definition) is 0. The van der Waals surface area contributed by atoms with E-state index in [-0.39, 0.29) is 6.42 Å². The molecule has 4 nitrogen and oxygen atoms in total. The fourth-order valence-corrected chi connectivity index (χ4v) is 1.34. The maximum absolute atomic E-state index is 11.6. The highest BCUT2D eigenvalue weighted by atomic mass is 16.5. The van der Waals surface area contributed by atoms with E-state index in [0.29, 0.717) is 5.56 Å². The predicted molar refractivity (Wildman–Crippen MR) is 60.7 cm³/mol. The molecule has 0 spiro atoms. The summed E-state index contributed by atoms with van der Waals surface area (Å²) in [6, 6.07) is 12.3. The first-order valence-electron chi connectivity index (χ1n) is 5.22. The molecule has 0 fully saturated rings. The maximum atomic E-state index is 11.6. The topological polar surface area (TPSA) is 73.9 Å². The summed E-state index contributed by atoms with van der Waals surface area (Å²) < 4.78 is 5.13. The highest BCUT2D eigenvalue weighted by Gasteiger charge is 2.16. The lowest BCUT2D eigenvalue weighted by Crippen LogP contribution is -2.17. The second kappa shape index (κ2) is 6.30. The molecule has 0 heterocycles. The molecule has 4 heteroatoms. The predicted octanol–water partition coefficient (Wildman–Crippen LogP) is 2.29. The minimum Gasteiger partial charge on any atom is -0.459 e. The molecule has 1 aromatic rings. The Kier molecular flexibility index (Phi) is 4.72. The van der Waals surface area contributed by atoms with Crippen molar-refractivity contribution in [3.05, 3.63) is 35.9 Å². The molecule has 86 valence electrons. The summed E-state index contributed by atoms with van der Waals surface area (Å²) in [5, 5.41) is 17.2. The number of nitriles is 2. The molecule has 0 saturated carbocycles. The highest BCUT2D eigenvalue weighted by Crippen LogP contribution is 2.10. The van der Waals surface area contributed by atoms with E-state index in [4.69, 9.17) is 15.3 Å². The number of ether oxygens (including phenoxy) is 1. The molecule has 1 atom stereocenters. The van der Waals surface area contributed by atoms with Crippen LogP contribution in [0.4, 0.5) is 0 Å². The average Bonchev–Trinajstić information content (AvgIpc) is 2.37. The van der Waals surface area contributed by atoms with E-state index >= 15 is 0 Å². The summed E-state index contributed by atoms with van der Waals surface area (Å²) in [6.07, 6.45) is -0.224. The number of rotatable bonds is 4. The van der Waals surface area contributed by atoms with Gasteiger partial charge in [0.15, 0.2) is 0 Å². The molecule has 0 bridgehead atoms. The fourth-order valence-electron chi connectivity index (χ4n) is 1.34. The Morgan fingerprint density at radius 3 is 2.41 bits per heavy atom. The lowest BCUT2D eigenvalue weighted by Gasteiger charge is -2.13. The number of hydrogen-bond acceptors (Lipinski definition) is 4. The molecule has 0 aromatic heterocycles. The van der Waals surface area contributed by atoms with Gasteiger partial charge in [0.2, 0.25) is 0 Å². The van der Waals surface area contributed by atoms with Crippen LogP contribution in [0.5, 0.6) is 0 Å². The number of benzene rings is 1. The Morgan fingerprint density at radius 2 is 1.88 bits per heavy atom. The standard InChI is InChI=1S/C13H12N2O2/c1-10(7-11(8-14)9-15)17-13(16)12-5-3-2-4-6-12/h2-6,10-11H,7H2,1H3. The minimum absolute atomic E-state index is 0.228. The van der Waals surface area contributed by atoms with Gasteiger partial charge >= 0.3 is 5.97 Å². The molecule has 0 amide bonds. The van der Waals surface area contributed by atoms with Gasteiger partial charge in [0.25, 0.3) is 0 Å². The Morgan fingerprint density at radius 1 is 1.29 bits per heavy atom. The number of esters is 1. The van der Waals surface area contributed by atoms with Crippen LogP contribution in [0.1, 0.15) is 23.7 Å². The second-order valence-electron chi connectivity index (χ2n) is 3.63. The number of carbonyl (C=O) groups is 1. The van der Waals surface area contributed by atoms with Crippen molar-refractivity contribution in [2.75, 3.05) is 0 Å². The van der Waals surface area contributed by atoms with Crippen LogP contribution in [-0.2, 0) is 4.74 Å². The highest BCUT2D eigenvalue weighted by molar-refractivity contribution is 5.89. The molecular weight excluding hydrogens is 216 g/mol. The van der Waals surface area contributed by atoms with Gasteiger partial charge in [0.1, 0.15) is 12.0 Å². The molecule has 0 aliphatic carbocycles. The van der Waals surface area contributed by atoms with Crippen LogP contribution in [-0.4, -0.2) is 12.1 Å². The molecular formula is C13H12N2O2. The Hall–Kier alpha value is -2.33. The first-order valence-corrected chi connectivity index (χ1v) is 5.22. The quantitative estimate of drug-likeness (QED) is 0.741. The zero-order valence-electron chi connectivity index (χ0n) is 9.46. The van der Waals surface area contributed by atoms with Crippen LogP contribution < -0.4 is 0 Å². The maximum Gasteiger partial charge on any atom is 0.338 e. The van der Waals surface area contributed by atoms with Gasteiger partial charge in [-0.15, -0.1) is 0 Å². The number of carbonyl (C=O) groups excluding carboxylic acids is 1. The third-order valence-electron chi connectivity index (χ3n) is 2.20. The van der Waals surface area contributed by atoms with Gasteiger partial charge in [-0.25, -0.2) is 4.79 Å². The van der Waals surface area contributed by atoms with Crippen molar-refractivity contribution in [2.24, 2.45) is 5.92 Å². The number of nitrogens with zero attached hydrogens (tertiary/aromatic N) is 2. The van der Waals surface area contributed by atoms with Crippen LogP contribution in [0.15, 0.2) is 30.3 Å². The van der Waals surface area contributed by atoms with Crippen molar-refractivity contribution in [1.29, 1.82) is 10.5 Å². The van der Waals surface area contributed by atoms with E-state index in [1.807, 2.05) is 18.2 Å². The zero-order valence-corrected chi connectivity index (χ0v) is 9.46. The smallest absolute Gasteiger partial charge is 0.338 e. The van der Waals surface area contributed by atoms with Gasteiger partial charge in [-0.1, -0.05) is 18.2 Å². The third-order valence-corrected chi connectivity index (χ3v) is 2.20. The Balaban J connectivity index is 2.53. The van der Waals surface area contributed by atoms with E-state index in [0.717, 1.165) is 0 Å². The molecule has 0 N–H and O–H groups in total. The van der Waals surface area contributed by atoms with Crippen LogP contribution >= 0.6 is 0 Å². The van der Waals surface area contributed by atoms with Crippen molar-refractivity contribution in [3.8, 4) is 12.1 Å². The molecule has 0 saturated heterocycles. The monoisotopic (exact) mass is 228 g/mol. The molecule has 1 unspecified atom stereocenters. The Bertz CT molecular complexity index is 443. The lowest BCUT2D eigenvalue weighted by atomic mass is 10.1. The molecule has 1 rings (SSSR count). The van der Waals surface area contributed by atoms with Gasteiger partial charge in [0, 0.05) is 6.42 Å². The first-order chi connectivity index (χ1) is 8.17. The Labute approximate surface area is 100 Å². The van der Waals surface area contributed by atoms with Gasteiger partial charge in [-0.3, -0.25) is 0 Å². The van der Waals surface area contributed by atoms with Crippen molar-refractivity contribution >= 4 is 5.97 Å². The summed E-state index contributed by atoms with van der Waals surface area (Å²) in [5.41, 5.74) is 0.463. The lowest BCUT2D eigenvalue weighted by molar-refractivity contribution is 0.0314. The molecule has 0 aliphatic heterocycles. The van der Waals surface area contributed by atoms with Gasteiger partial charge in [-0.2, -0.15) is 10.5 Å². The second-order valence-corrected chi connectivity index (χ2v) is 3.63. The molecule has 0 aliphatic rings. The fraction of sp³-hybridized carbons (Fsp3) is 0.308. The summed E-state index contributed by atoms with van der Waals surface area (Å²) in [7, 11) is 0. The van der Waals surface area contributed by atoms with E-state index in [1.54, 1.807) is 31.2 Å². The van der Waals surface area contributed by atoms with Crippen molar-refractivity contribution in [2.45, 2.75) is 19.4 Å². The first kappa shape index (κ1) is 12.7. The van der Waals surface area contributed by atoms with Crippen molar-refractivity contribution in [1.82, 2.24) is 0 Å². The van der Waals surface area contributed by atoms with Crippen LogP contribution in [0.2, 0.25) is 0 Å². The molecule has 0 radical (unpaired) electrons. The summed E-state index contributed by atoms with van der Waals surface area (Å²) in [6.45, 7) is 1.67. The van der Waals surface area contributed by atoms with E-state index in [2.05, 4.69) is 0 Å². The minimum atomic E-state index is -0.742. The normalized spacial score (nSPS) is 11.3. The van der Waals surface area contributed by atoms with E-state index in [9.17, 15) is 4.79 Å². The zero-order chi connectivity index (χ0) is 12.7. The van der Waals surface area contributed by atoms with E-state index in [1.165, 1.54) is 0 Å². The molecule has 17 heavy (non-hydrogen) atoms. The van der Waals surface area contributed by atoms with Crippen LogP contribution in [0, 0.1) is 28.6 Å². The van der Waals surface area contributed by atoms with Crippen LogP contribution in [0.3, 0.4) is 0 Å². The average molecular weight is 228 g/mol. The summed E-state index contributed by atoms with van der Waals surface area (Å²) in [4.78, 5) is 11.6. The van der Waals surface area contributed by atoms with Crippen LogP contribution in [0.25, 0.3) is 0 Å². The largest absolute Gasteiger partial charge is 0.459 e. The van der Waals surface area contributed by atoms with Gasteiger partial charge < -0.3 is 4.74 Å². The van der Waals surface area contributed by atoms with Gasteiger partial charge in [0.05, 0.1) is 17.7 Å². The molecule has 1 aromatic carbocycles.